The monoisotopic (exact) mass is 261 g/mol. The predicted octanol–water partition coefficient (Wildman–Crippen LogP) is 3.57. The summed E-state index contributed by atoms with van der Waals surface area (Å²) in [6, 6.07) is 5.66. The second-order valence-electron chi connectivity index (χ2n) is 5.87. The van der Waals surface area contributed by atoms with Gasteiger partial charge in [-0.15, -0.1) is 0 Å². The van der Waals surface area contributed by atoms with Crippen LogP contribution in [0.3, 0.4) is 0 Å². The van der Waals surface area contributed by atoms with Crippen LogP contribution in [-0.2, 0) is 0 Å². The first-order valence-electron chi connectivity index (χ1n) is 7.08. The van der Waals surface area contributed by atoms with E-state index in [1.165, 1.54) is 12.8 Å². The third-order valence-corrected chi connectivity index (χ3v) is 4.29. The van der Waals surface area contributed by atoms with Crippen LogP contribution in [-0.4, -0.2) is 24.2 Å². The Hall–Kier alpha value is -1.51. The number of carboxylic acid groups (broad SMARTS) is 1. The van der Waals surface area contributed by atoms with E-state index in [4.69, 9.17) is 5.11 Å². The van der Waals surface area contributed by atoms with E-state index in [1.807, 2.05) is 19.1 Å². The van der Waals surface area contributed by atoms with Crippen LogP contribution < -0.4 is 4.90 Å². The fraction of sp³-hybridized carbons (Fsp3) is 0.562. The first-order valence-corrected chi connectivity index (χ1v) is 7.08. The Kier molecular flexibility index (Phi) is 4.13. The third-order valence-electron chi connectivity index (χ3n) is 4.29. The van der Waals surface area contributed by atoms with Gasteiger partial charge in [0.1, 0.15) is 0 Å². The Bertz CT molecular complexity index is 460. The molecule has 0 amide bonds. The van der Waals surface area contributed by atoms with Crippen molar-refractivity contribution in [3.63, 3.8) is 0 Å². The minimum absolute atomic E-state index is 0.404. The highest BCUT2D eigenvalue weighted by Crippen LogP contribution is 2.28. The van der Waals surface area contributed by atoms with E-state index in [-0.39, 0.29) is 0 Å². The van der Waals surface area contributed by atoms with Crippen LogP contribution in [0, 0.1) is 18.8 Å². The van der Waals surface area contributed by atoms with Crippen molar-refractivity contribution in [2.45, 2.75) is 33.6 Å². The van der Waals surface area contributed by atoms with Gasteiger partial charge in [0.2, 0.25) is 0 Å². The average molecular weight is 261 g/mol. The summed E-state index contributed by atoms with van der Waals surface area (Å²) in [4.78, 5) is 13.4. The Labute approximate surface area is 115 Å². The van der Waals surface area contributed by atoms with Crippen LogP contribution in [0.5, 0.6) is 0 Å². The summed E-state index contributed by atoms with van der Waals surface area (Å²) in [7, 11) is 0. The molecule has 3 heteroatoms. The average Bonchev–Trinajstić information content (AvgIpc) is 2.38. The molecule has 3 nitrogen and oxygen atoms in total. The predicted molar refractivity (Wildman–Crippen MR) is 77.9 cm³/mol. The lowest BCUT2D eigenvalue weighted by molar-refractivity contribution is 0.0696. The zero-order valence-electron chi connectivity index (χ0n) is 12.0. The molecule has 0 aliphatic carbocycles. The summed E-state index contributed by atoms with van der Waals surface area (Å²) >= 11 is 0. The molecule has 0 bridgehead atoms. The molecule has 0 radical (unpaired) electrons. The van der Waals surface area contributed by atoms with Crippen molar-refractivity contribution < 1.29 is 9.90 Å². The fourth-order valence-corrected chi connectivity index (χ4v) is 2.91. The van der Waals surface area contributed by atoms with Gasteiger partial charge in [0, 0.05) is 18.8 Å². The lowest BCUT2D eigenvalue weighted by Gasteiger charge is -2.35. The van der Waals surface area contributed by atoms with Crippen molar-refractivity contribution in [1.29, 1.82) is 0 Å². The smallest absolute Gasteiger partial charge is 0.335 e. The maximum Gasteiger partial charge on any atom is 0.335 e. The normalized spacial score (nSPS) is 16.9. The number of nitrogens with zero attached hydrogens (tertiary/aromatic N) is 1. The van der Waals surface area contributed by atoms with Gasteiger partial charge in [-0.3, -0.25) is 0 Å². The van der Waals surface area contributed by atoms with Gasteiger partial charge in [-0.25, -0.2) is 4.79 Å². The maximum atomic E-state index is 11.0. The van der Waals surface area contributed by atoms with E-state index in [0.29, 0.717) is 5.56 Å². The summed E-state index contributed by atoms with van der Waals surface area (Å²) in [6.45, 7) is 8.62. The van der Waals surface area contributed by atoms with Crippen molar-refractivity contribution in [2.75, 3.05) is 18.0 Å². The van der Waals surface area contributed by atoms with Gasteiger partial charge >= 0.3 is 5.97 Å². The van der Waals surface area contributed by atoms with Gasteiger partial charge in [-0.2, -0.15) is 0 Å². The summed E-state index contributed by atoms with van der Waals surface area (Å²) in [6.07, 6.45) is 2.47. The van der Waals surface area contributed by atoms with Gasteiger partial charge in [0.05, 0.1) is 5.56 Å². The molecule has 1 aliphatic heterocycles. The van der Waals surface area contributed by atoms with Crippen LogP contribution in [0.15, 0.2) is 18.2 Å². The molecule has 1 aromatic rings. The molecule has 1 saturated heterocycles. The standard InChI is InChI=1S/C16H23NO2/c1-11(2)13-6-8-17(9-7-13)14-4-5-15(16(18)19)12(3)10-14/h4-5,10-11,13H,6-9H2,1-3H3,(H,18,19). The molecule has 1 aromatic carbocycles. The number of piperidine rings is 1. The number of carbonyl (C=O) groups is 1. The summed E-state index contributed by atoms with van der Waals surface area (Å²) < 4.78 is 0. The van der Waals surface area contributed by atoms with E-state index in [0.717, 1.165) is 36.2 Å². The first-order chi connectivity index (χ1) is 8.99. The molecule has 1 fully saturated rings. The first kappa shape index (κ1) is 13.9. The number of aryl methyl sites for hydroxylation is 1. The molecule has 0 aromatic heterocycles. The van der Waals surface area contributed by atoms with Gasteiger partial charge in [-0.1, -0.05) is 13.8 Å². The van der Waals surface area contributed by atoms with Crippen LogP contribution in [0.25, 0.3) is 0 Å². The number of carboxylic acids is 1. The van der Waals surface area contributed by atoms with Crippen LogP contribution >= 0.6 is 0 Å². The largest absolute Gasteiger partial charge is 0.478 e. The van der Waals surface area contributed by atoms with Crippen molar-refractivity contribution >= 4 is 11.7 Å². The van der Waals surface area contributed by atoms with Gasteiger partial charge in [-0.05, 0) is 55.4 Å². The topological polar surface area (TPSA) is 40.5 Å². The number of benzene rings is 1. The summed E-state index contributed by atoms with van der Waals surface area (Å²) in [5.41, 5.74) is 2.40. The summed E-state index contributed by atoms with van der Waals surface area (Å²) in [5, 5.41) is 9.05. The number of aromatic carboxylic acids is 1. The minimum Gasteiger partial charge on any atom is -0.478 e. The van der Waals surface area contributed by atoms with Crippen molar-refractivity contribution in [3.8, 4) is 0 Å². The Balaban J connectivity index is 2.08. The Morgan fingerprint density at radius 2 is 1.95 bits per heavy atom. The lowest BCUT2D eigenvalue weighted by Crippen LogP contribution is -2.35. The van der Waals surface area contributed by atoms with E-state index in [2.05, 4.69) is 18.7 Å². The molecule has 1 heterocycles. The highest BCUT2D eigenvalue weighted by Gasteiger charge is 2.22. The molecular weight excluding hydrogens is 238 g/mol. The molecule has 0 atom stereocenters. The Morgan fingerprint density at radius 1 is 1.32 bits per heavy atom. The molecule has 1 aliphatic rings. The molecule has 19 heavy (non-hydrogen) atoms. The molecule has 2 rings (SSSR count). The number of anilines is 1. The molecule has 104 valence electrons. The molecule has 0 spiro atoms. The third kappa shape index (κ3) is 3.09. The maximum absolute atomic E-state index is 11.0. The summed E-state index contributed by atoms with van der Waals surface area (Å²) in [5.74, 6) is 0.747. The van der Waals surface area contributed by atoms with Crippen LogP contribution in [0.4, 0.5) is 5.69 Å². The zero-order valence-corrected chi connectivity index (χ0v) is 12.0. The van der Waals surface area contributed by atoms with Gasteiger partial charge in [0.15, 0.2) is 0 Å². The van der Waals surface area contributed by atoms with Crippen LogP contribution in [0.1, 0.15) is 42.6 Å². The van der Waals surface area contributed by atoms with Gasteiger partial charge < -0.3 is 10.0 Å². The number of hydrogen-bond acceptors (Lipinski definition) is 2. The number of hydrogen-bond donors (Lipinski definition) is 1. The van der Waals surface area contributed by atoms with E-state index in [1.54, 1.807) is 6.07 Å². The van der Waals surface area contributed by atoms with E-state index < -0.39 is 5.97 Å². The second-order valence-corrected chi connectivity index (χ2v) is 5.87. The highest BCUT2D eigenvalue weighted by molar-refractivity contribution is 5.89. The molecular formula is C16H23NO2. The van der Waals surface area contributed by atoms with Crippen molar-refractivity contribution in [2.24, 2.45) is 11.8 Å². The second kappa shape index (κ2) is 5.64. The van der Waals surface area contributed by atoms with Gasteiger partial charge in [0.25, 0.3) is 0 Å². The number of rotatable bonds is 3. The van der Waals surface area contributed by atoms with Crippen molar-refractivity contribution in [3.05, 3.63) is 29.3 Å². The molecule has 0 saturated carbocycles. The van der Waals surface area contributed by atoms with E-state index >= 15 is 0 Å². The molecule has 0 unspecified atom stereocenters. The zero-order chi connectivity index (χ0) is 14.0. The quantitative estimate of drug-likeness (QED) is 0.904. The minimum atomic E-state index is -0.845. The Morgan fingerprint density at radius 3 is 2.42 bits per heavy atom. The fourth-order valence-electron chi connectivity index (χ4n) is 2.91. The molecule has 1 N–H and O–H groups in total. The highest BCUT2D eigenvalue weighted by atomic mass is 16.4. The van der Waals surface area contributed by atoms with Crippen LogP contribution in [0.2, 0.25) is 0 Å². The lowest BCUT2D eigenvalue weighted by atomic mass is 9.86. The van der Waals surface area contributed by atoms with E-state index in [9.17, 15) is 4.79 Å². The SMILES string of the molecule is Cc1cc(N2CCC(C(C)C)CC2)ccc1C(=O)O. The van der Waals surface area contributed by atoms with Crippen molar-refractivity contribution in [1.82, 2.24) is 0 Å².